The third-order valence-corrected chi connectivity index (χ3v) is 1.43. The summed E-state index contributed by atoms with van der Waals surface area (Å²) in [5.74, 6) is -0.508. The minimum atomic E-state index is -0.764. The maximum atomic E-state index is 11.1. The molecule has 0 aliphatic heterocycles. The number of methoxy groups -OCH3 is 1. The van der Waals surface area contributed by atoms with Crippen LogP contribution in [-0.4, -0.2) is 25.2 Å². The van der Waals surface area contributed by atoms with Crippen molar-refractivity contribution in [3.05, 3.63) is 0 Å². The van der Waals surface area contributed by atoms with Crippen LogP contribution in [0.1, 0.15) is 20.8 Å². The van der Waals surface area contributed by atoms with Crippen LogP contribution in [0.4, 0.5) is 0 Å². The highest BCUT2D eigenvalue weighted by Crippen LogP contribution is 2.22. The summed E-state index contributed by atoms with van der Waals surface area (Å²) in [5, 5.41) is 0. The molecular weight excluding hydrogens is 158 g/mol. The van der Waals surface area contributed by atoms with Gasteiger partial charge >= 0.3 is 5.97 Å². The van der Waals surface area contributed by atoms with E-state index in [4.69, 9.17) is 0 Å². The number of aliphatic imine (C=N–C) groups is 1. The molecule has 0 fully saturated rings. The fourth-order valence-corrected chi connectivity index (χ4v) is 0.764. The van der Waals surface area contributed by atoms with Gasteiger partial charge in [-0.05, 0) is 5.41 Å². The molecule has 0 heterocycles. The van der Waals surface area contributed by atoms with E-state index in [1.807, 2.05) is 0 Å². The Bertz CT molecular complexity index is 211. The molecule has 0 amide bonds. The van der Waals surface area contributed by atoms with Gasteiger partial charge in [0.05, 0.1) is 7.11 Å². The highest BCUT2D eigenvalue weighted by atomic mass is 16.5. The number of rotatable bonds is 2. The summed E-state index contributed by atoms with van der Waals surface area (Å²) < 4.78 is 4.48. The van der Waals surface area contributed by atoms with Crippen LogP contribution in [0.25, 0.3) is 0 Å². The molecule has 0 rings (SSSR count). The summed E-state index contributed by atoms with van der Waals surface area (Å²) in [4.78, 5) is 24.4. The van der Waals surface area contributed by atoms with Crippen molar-refractivity contribution in [1.29, 1.82) is 0 Å². The molecule has 0 aromatic carbocycles. The van der Waals surface area contributed by atoms with Gasteiger partial charge in [0.2, 0.25) is 6.08 Å². The Morgan fingerprint density at radius 2 is 2.00 bits per heavy atom. The third kappa shape index (κ3) is 2.84. The maximum Gasteiger partial charge on any atom is 0.332 e. The SMILES string of the molecule is COC(=O)C(N=C=O)C(C)(C)C. The van der Waals surface area contributed by atoms with E-state index in [1.54, 1.807) is 20.8 Å². The molecule has 0 saturated heterocycles. The van der Waals surface area contributed by atoms with E-state index in [9.17, 15) is 9.59 Å². The first kappa shape index (κ1) is 10.8. The van der Waals surface area contributed by atoms with Gasteiger partial charge in [-0.3, -0.25) is 0 Å². The normalized spacial score (nSPS) is 13.0. The second-order valence-corrected chi connectivity index (χ2v) is 3.51. The lowest BCUT2D eigenvalue weighted by atomic mass is 9.87. The topological polar surface area (TPSA) is 55.7 Å². The molecule has 0 N–H and O–H groups in total. The summed E-state index contributed by atoms with van der Waals surface area (Å²) in [6, 6.07) is -0.764. The van der Waals surface area contributed by atoms with E-state index in [2.05, 4.69) is 9.73 Å². The van der Waals surface area contributed by atoms with Crippen molar-refractivity contribution in [3.8, 4) is 0 Å². The molecule has 4 heteroatoms. The van der Waals surface area contributed by atoms with Gasteiger partial charge in [0.1, 0.15) is 0 Å². The van der Waals surface area contributed by atoms with Crippen LogP contribution < -0.4 is 0 Å². The Balaban J connectivity index is 4.67. The highest BCUT2D eigenvalue weighted by Gasteiger charge is 2.31. The summed E-state index contributed by atoms with van der Waals surface area (Å²) in [6.07, 6.45) is 1.36. The summed E-state index contributed by atoms with van der Waals surface area (Å²) >= 11 is 0. The van der Waals surface area contributed by atoms with Crippen LogP contribution in [0, 0.1) is 5.41 Å². The first-order valence-electron chi connectivity index (χ1n) is 3.58. The molecular formula is C8H13NO3. The zero-order valence-electron chi connectivity index (χ0n) is 7.75. The smallest absolute Gasteiger partial charge is 0.332 e. The summed E-state index contributed by atoms with van der Waals surface area (Å²) in [6.45, 7) is 5.40. The van der Waals surface area contributed by atoms with Gasteiger partial charge in [-0.1, -0.05) is 20.8 Å². The van der Waals surface area contributed by atoms with E-state index in [0.29, 0.717) is 0 Å². The zero-order chi connectivity index (χ0) is 9.78. The van der Waals surface area contributed by atoms with Crippen LogP contribution in [-0.2, 0) is 14.3 Å². The van der Waals surface area contributed by atoms with Gasteiger partial charge in [0, 0.05) is 0 Å². The van der Waals surface area contributed by atoms with Crippen molar-refractivity contribution in [2.24, 2.45) is 10.4 Å². The number of carbonyl (C=O) groups excluding carboxylic acids is 2. The van der Waals surface area contributed by atoms with E-state index in [-0.39, 0.29) is 0 Å². The second kappa shape index (κ2) is 4.02. The standard InChI is InChI=1S/C8H13NO3/c1-8(2,3)6(9-5-10)7(11)12-4/h6H,1-4H3. The molecule has 0 radical (unpaired) electrons. The quantitative estimate of drug-likeness (QED) is 0.352. The Hall–Kier alpha value is -1.15. The van der Waals surface area contributed by atoms with Gasteiger partial charge in [-0.2, -0.15) is 4.99 Å². The fraction of sp³-hybridized carbons (Fsp3) is 0.750. The summed E-state index contributed by atoms with van der Waals surface area (Å²) in [7, 11) is 1.27. The van der Waals surface area contributed by atoms with E-state index in [1.165, 1.54) is 13.2 Å². The van der Waals surface area contributed by atoms with E-state index < -0.39 is 17.4 Å². The Morgan fingerprint density at radius 3 is 2.25 bits per heavy atom. The maximum absolute atomic E-state index is 11.1. The third-order valence-electron chi connectivity index (χ3n) is 1.43. The number of hydrogen-bond donors (Lipinski definition) is 0. The lowest BCUT2D eigenvalue weighted by molar-refractivity contribution is -0.144. The second-order valence-electron chi connectivity index (χ2n) is 3.51. The predicted octanol–water partition coefficient (Wildman–Crippen LogP) is 0.910. The predicted molar refractivity (Wildman–Crippen MR) is 43.4 cm³/mol. The minimum absolute atomic E-state index is 0.412. The first-order valence-corrected chi connectivity index (χ1v) is 3.58. The van der Waals surface area contributed by atoms with Crippen LogP contribution in [0.15, 0.2) is 4.99 Å². The van der Waals surface area contributed by atoms with E-state index >= 15 is 0 Å². The van der Waals surface area contributed by atoms with Crippen molar-refractivity contribution in [1.82, 2.24) is 0 Å². The Kier molecular flexibility index (Phi) is 3.64. The number of nitrogens with zero attached hydrogens (tertiary/aromatic N) is 1. The fourth-order valence-electron chi connectivity index (χ4n) is 0.764. The lowest BCUT2D eigenvalue weighted by Crippen LogP contribution is -2.33. The molecule has 12 heavy (non-hydrogen) atoms. The number of esters is 1. The molecule has 0 aliphatic rings. The monoisotopic (exact) mass is 171 g/mol. The molecule has 0 aromatic rings. The molecule has 1 atom stereocenters. The van der Waals surface area contributed by atoms with Crippen LogP contribution in [0.2, 0.25) is 0 Å². The lowest BCUT2D eigenvalue weighted by Gasteiger charge is -2.22. The van der Waals surface area contributed by atoms with Gasteiger partial charge in [-0.25, -0.2) is 9.59 Å². The largest absolute Gasteiger partial charge is 0.467 e. The highest BCUT2D eigenvalue weighted by molar-refractivity contribution is 5.77. The Morgan fingerprint density at radius 1 is 1.50 bits per heavy atom. The van der Waals surface area contributed by atoms with Crippen molar-refractivity contribution < 1.29 is 14.3 Å². The van der Waals surface area contributed by atoms with Crippen molar-refractivity contribution in [2.75, 3.05) is 7.11 Å². The van der Waals surface area contributed by atoms with Crippen LogP contribution >= 0.6 is 0 Å². The van der Waals surface area contributed by atoms with Gasteiger partial charge in [-0.15, -0.1) is 0 Å². The zero-order valence-corrected chi connectivity index (χ0v) is 7.75. The average molecular weight is 171 g/mol. The first-order chi connectivity index (χ1) is 5.43. The van der Waals surface area contributed by atoms with Gasteiger partial charge < -0.3 is 4.74 Å². The molecule has 0 aliphatic carbocycles. The number of carbonyl (C=O) groups is 1. The molecule has 4 nitrogen and oxygen atoms in total. The molecule has 0 saturated carbocycles. The average Bonchev–Trinajstić information content (AvgIpc) is 1.96. The van der Waals surface area contributed by atoms with Gasteiger partial charge in [0.25, 0.3) is 0 Å². The molecule has 0 spiro atoms. The number of isocyanates is 1. The Labute approximate surface area is 71.6 Å². The van der Waals surface area contributed by atoms with Gasteiger partial charge in [0.15, 0.2) is 6.04 Å². The minimum Gasteiger partial charge on any atom is -0.467 e. The number of hydrogen-bond acceptors (Lipinski definition) is 4. The van der Waals surface area contributed by atoms with Crippen molar-refractivity contribution >= 4 is 12.0 Å². The molecule has 0 aromatic heterocycles. The van der Waals surface area contributed by atoms with Crippen molar-refractivity contribution in [2.45, 2.75) is 26.8 Å². The summed E-state index contributed by atoms with van der Waals surface area (Å²) in [5.41, 5.74) is -0.412. The van der Waals surface area contributed by atoms with Crippen LogP contribution in [0.5, 0.6) is 0 Å². The van der Waals surface area contributed by atoms with E-state index in [0.717, 1.165) is 0 Å². The molecule has 68 valence electrons. The molecule has 0 bridgehead atoms. The molecule has 1 unspecified atom stereocenters. The number of ether oxygens (including phenoxy) is 1. The van der Waals surface area contributed by atoms with Crippen LogP contribution in [0.3, 0.4) is 0 Å². The van der Waals surface area contributed by atoms with Crippen molar-refractivity contribution in [3.63, 3.8) is 0 Å².